The fourth-order valence-corrected chi connectivity index (χ4v) is 2.00. The standard InChI is InChI=1S/C4H6N2S3/c1-3-4(7)9-6(5-3)8-2/h1-2H3. The zero-order chi connectivity index (χ0) is 6.85. The normalized spacial score (nSPS) is 10.0. The van der Waals surface area contributed by atoms with Crippen LogP contribution in [0.25, 0.3) is 0 Å². The Morgan fingerprint density at radius 3 is 2.67 bits per heavy atom. The van der Waals surface area contributed by atoms with Gasteiger partial charge < -0.3 is 0 Å². The Morgan fingerprint density at radius 1 is 1.78 bits per heavy atom. The van der Waals surface area contributed by atoms with Crippen LogP contribution in [0.3, 0.4) is 0 Å². The van der Waals surface area contributed by atoms with E-state index in [0.717, 1.165) is 9.52 Å². The summed E-state index contributed by atoms with van der Waals surface area (Å²) in [7, 11) is 0. The highest BCUT2D eigenvalue weighted by Crippen LogP contribution is 2.10. The molecule has 5 heteroatoms. The molecule has 2 nitrogen and oxygen atoms in total. The molecule has 0 fully saturated rings. The molecule has 0 N–H and O–H groups in total. The second-order valence-electron chi connectivity index (χ2n) is 1.48. The molecule has 1 aromatic heterocycles. The SMILES string of the molecule is CSn1nc(C)c(=S)s1. The van der Waals surface area contributed by atoms with Crippen molar-refractivity contribution in [3.05, 3.63) is 9.52 Å². The fourth-order valence-electron chi connectivity index (χ4n) is 0.399. The maximum absolute atomic E-state index is 4.96. The second kappa shape index (κ2) is 2.81. The molecular weight excluding hydrogens is 172 g/mol. The lowest BCUT2D eigenvalue weighted by Crippen LogP contribution is -1.81. The van der Waals surface area contributed by atoms with Gasteiger partial charge in [0.25, 0.3) is 0 Å². The van der Waals surface area contributed by atoms with E-state index in [9.17, 15) is 0 Å². The topological polar surface area (TPSA) is 17.8 Å². The van der Waals surface area contributed by atoms with E-state index in [-0.39, 0.29) is 0 Å². The molecular formula is C4H6N2S3. The Balaban J connectivity index is 3.13. The maximum Gasteiger partial charge on any atom is 0.133 e. The summed E-state index contributed by atoms with van der Waals surface area (Å²) >= 11 is 8.02. The van der Waals surface area contributed by atoms with Gasteiger partial charge in [0.2, 0.25) is 0 Å². The molecule has 0 radical (unpaired) electrons. The summed E-state index contributed by atoms with van der Waals surface area (Å²) in [5.41, 5.74) is 0.948. The first kappa shape index (κ1) is 7.24. The van der Waals surface area contributed by atoms with E-state index < -0.39 is 0 Å². The summed E-state index contributed by atoms with van der Waals surface area (Å²) in [4.78, 5) is 0. The Morgan fingerprint density at radius 2 is 2.44 bits per heavy atom. The van der Waals surface area contributed by atoms with Crippen molar-refractivity contribution >= 4 is 35.7 Å². The van der Waals surface area contributed by atoms with E-state index >= 15 is 0 Å². The molecule has 0 atom stereocenters. The van der Waals surface area contributed by atoms with Gasteiger partial charge in [-0.1, -0.05) is 12.2 Å². The van der Waals surface area contributed by atoms with Gasteiger partial charge in [-0.3, -0.25) is 0 Å². The predicted octanol–water partition coefficient (Wildman–Crippen LogP) is 2.11. The lowest BCUT2D eigenvalue weighted by Gasteiger charge is -1.85. The van der Waals surface area contributed by atoms with Gasteiger partial charge >= 0.3 is 0 Å². The lowest BCUT2D eigenvalue weighted by molar-refractivity contribution is 1.03. The maximum atomic E-state index is 4.96. The first-order chi connectivity index (χ1) is 4.24. The van der Waals surface area contributed by atoms with Gasteiger partial charge in [0.15, 0.2) is 0 Å². The van der Waals surface area contributed by atoms with Gasteiger partial charge in [0, 0.05) is 6.26 Å². The molecule has 0 spiro atoms. The fraction of sp³-hybridized carbons (Fsp3) is 0.500. The highest BCUT2D eigenvalue weighted by Gasteiger charge is 1.94. The molecule has 1 rings (SSSR count). The van der Waals surface area contributed by atoms with Crippen molar-refractivity contribution in [2.24, 2.45) is 0 Å². The highest BCUT2D eigenvalue weighted by molar-refractivity contribution is 7.98. The molecule has 0 saturated carbocycles. The largest absolute Gasteiger partial charge is 0.158 e. The average Bonchev–Trinajstić information content (AvgIpc) is 2.13. The third kappa shape index (κ3) is 1.53. The van der Waals surface area contributed by atoms with Crippen LogP contribution in [0.4, 0.5) is 0 Å². The van der Waals surface area contributed by atoms with Gasteiger partial charge in [-0.15, -0.1) is 0 Å². The third-order valence-corrected chi connectivity index (χ3v) is 3.13. The van der Waals surface area contributed by atoms with Crippen LogP contribution in [0.15, 0.2) is 0 Å². The predicted molar refractivity (Wildman–Crippen MR) is 44.6 cm³/mol. The van der Waals surface area contributed by atoms with Crippen molar-refractivity contribution in [3.63, 3.8) is 0 Å². The number of hydrogen-bond donors (Lipinski definition) is 0. The van der Waals surface area contributed by atoms with Crippen molar-refractivity contribution in [3.8, 4) is 0 Å². The Labute approximate surface area is 67.2 Å². The van der Waals surface area contributed by atoms with E-state index in [2.05, 4.69) is 5.10 Å². The van der Waals surface area contributed by atoms with Crippen LogP contribution in [0.1, 0.15) is 5.69 Å². The van der Waals surface area contributed by atoms with Gasteiger partial charge in [0.1, 0.15) is 3.82 Å². The number of nitrogens with zero attached hydrogens (tertiary/aromatic N) is 2. The van der Waals surface area contributed by atoms with Crippen LogP contribution in [0.2, 0.25) is 0 Å². The zero-order valence-corrected chi connectivity index (χ0v) is 7.57. The molecule has 0 aromatic carbocycles. The third-order valence-electron chi connectivity index (χ3n) is 0.844. The van der Waals surface area contributed by atoms with Crippen molar-refractivity contribution in [2.75, 3.05) is 6.26 Å². The van der Waals surface area contributed by atoms with Crippen molar-refractivity contribution in [1.82, 2.24) is 8.58 Å². The average molecular weight is 178 g/mol. The lowest BCUT2D eigenvalue weighted by atomic mass is 10.6. The molecule has 9 heavy (non-hydrogen) atoms. The van der Waals surface area contributed by atoms with Gasteiger partial charge in [0.05, 0.1) is 5.69 Å². The van der Waals surface area contributed by atoms with Crippen molar-refractivity contribution in [2.45, 2.75) is 6.92 Å². The quantitative estimate of drug-likeness (QED) is 0.613. The van der Waals surface area contributed by atoms with Crippen molar-refractivity contribution in [1.29, 1.82) is 0 Å². The number of aromatic nitrogens is 2. The summed E-state index contributed by atoms with van der Waals surface area (Å²) in [6, 6.07) is 0. The summed E-state index contributed by atoms with van der Waals surface area (Å²) in [6.07, 6.45) is 1.97. The summed E-state index contributed by atoms with van der Waals surface area (Å²) < 4.78 is 2.68. The molecule has 0 saturated heterocycles. The van der Waals surface area contributed by atoms with Crippen LogP contribution < -0.4 is 0 Å². The molecule has 0 aliphatic carbocycles. The number of aryl methyl sites for hydroxylation is 1. The minimum atomic E-state index is 0.879. The number of rotatable bonds is 1. The minimum absolute atomic E-state index is 0.879. The highest BCUT2D eigenvalue weighted by atomic mass is 32.2. The van der Waals surface area contributed by atoms with Crippen LogP contribution in [0.5, 0.6) is 0 Å². The van der Waals surface area contributed by atoms with Crippen LogP contribution >= 0.6 is 35.7 Å². The zero-order valence-electron chi connectivity index (χ0n) is 5.12. The smallest absolute Gasteiger partial charge is 0.133 e. The van der Waals surface area contributed by atoms with Crippen LogP contribution in [-0.4, -0.2) is 14.8 Å². The summed E-state index contributed by atoms with van der Waals surface area (Å²) in [5, 5.41) is 4.12. The summed E-state index contributed by atoms with van der Waals surface area (Å²) in [6.45, 7) is 1.92. The molecule has 50 valence electrons. The van der Waals surface area contributed by atoms with Crippen LogP contribution in [0, 0.1) is 10.7 Å². The Bertz CT molecular complexity index is 249. The second-order valence-corrected chi connectivity index (χ2v) is 4.03. The van der Waals surface area contributed by atoms with E-state index in [0.29, 0.717) is 0 Å². The van der Waals surface area contributed by atoms with Crippen molar-refractivity contribution < 1.29 is 0 Å². The van der Waals surface area contributed by atoms with E-state index in [1.54, 1.807) is 15.4 Å². The van der Waals surface area contributed by atoms with Gasteiger partial charge in [-0.05, 0) is 30.4 Å². The van der Waals surface area contributed by atoms with E-state index in [4.69, 9.17) is 12.2 Å². The van der Waals surface area contributed by atoms with E-state index in [1.807, 2.05) is 13.2 Å². The summed E-state index contributed by atoms with van der Waals surface area (Å²) in [5.74, 6) is 0. The molecule has 1 aromatic rings. The molecule has 0 amide bonds. The number of hydrogen-bond acceptors (Lipinski definition) is 4. The monoisotopic (exact) mass is 178 g/mol. The minimum Gasteiger partial charge on any atom is -0.158 e. The van der Waals surface area contributed by atoms with Gasteiger partial charge in [-0.25, -0.2) is 0 Å². The molecule has 1 heterocycles. The Kier molecular flexibility index (Phi) is 2.26. The van der Waals surface area contributed by atoms with E-state index in [1.165, 1.54) is 11.5 Å². The van der Waals surface area contributed by atoms with Gasteiger partial charge in [-0.2, -0.15) is 8.58 Å². The molecule has 0 aliphatic rings. The molecule has 0 aliphatic heterocycles. The Hall–Kier alpha value is 0.130. The molecule has 0 bridgehead atoms. The van der Waals surface area contributed by atoms with Crippen LogP contribution in [-0.2, 0) is 0 Å². The first-order valence-corrected chi connectivity index (χ1v) is 4.72. The molecule has 0 unspecified atom stereocenters. The first-order valence-electron chi connectivity index (χ1n) is 2.36.